The van der Waals surface area contributed by atoms with Crippen molar-refractivity contribution in [3.8, 4) is 17.0 Å². The number of amides is 2. The van der Waals surface area contributed by atoms with Gasteiger partial charge in [0, 0.05) is 16.5 Å². The zero-order chi connectivity index (χ0) is 22.2. The summed E-state index contributed by atoms with van der Waals surface area (Å²) < 4.78 is 5.18. The van der Waals surface area contributed by atoms with Gasteiger partial charge >= 0.3 is 0 Å². The number of aryl methyl sites for hydroxylation is 1. The first kappa shape index (κ1) is 22.8. The Kier molecular flexibility index (Phi) is 8.08. The quantitative estimate of drug-likeness (QED) is 0.492. The number of ether oxygens (including phenoxy) is 1. The molecule has 0 aliphatic carbocycles. The summed E-state index contributed by atoms with van der Waals surface area (Å²) in [5.41, 5.74) is 3.24. The molecule has 31 heavy (non-hydrogen) atoms. The minimum Gasteiger partial charge on any atom is -0.497 e. The number of rotatable bonds is 9. The molecule has 1 aromatic heterocycles. The second-order valence-corrected chi connectivity index (χ2v) is 8.78. The van der Waals surface area contributed by atoms with Crippen LogP contribution in [0.2, 0.25) is 0 Å². The fourth-order valence-corrected chi connectivity index (χ4v) is 4.14. The number of aromatic nitrogens is 1. The van der Waals surface area contributed by atoms with Gasteiger partial charge in [-0.1, -0.05) is 17.7 Å². The molecule has 162 valence electrons. The first-order chi connectivity index (χ1) is 15.0. The second kappa shape index (κ2) is 11.0. The van der Waals surface area contributed by atoms with Gasteiger partial charge in [-0.05, 0) is 61.8 Å². The average molecular weight is 456 g/mol. The van der Waals surface area contributed by atoms with Gasteiger partial charge in [0.05, 0.1) is 12.8 Å². The van der Waals surface area contributed by atoms with E-state index in [-0.39, 0.29) is 11.8 Å². The summed E-state index contributed by atoms with van der Waals surface area (Å²) in [6, 6.07) is 14.2. The molecule has 0 saturated carbocycles. The molecule has 0 aliphatic rings. The number of hydrogen-bond acceptors (Lipinski definition) is 6. The lowest BCUT2D eigenvalue weighted by molar-refractivity contribution is -0.118. The van der Waals surface area contributed by atoms with Gasteiger partial charge in [0.1, 0.15) is 11.8 Å². The maximum absolute atomic E-state index is 12.9. The molecule has 8 heteroatoms. The molecule has 2 aromatic carbocycles. The summed E-state index contributed by atoms with van der Waals surface area (Å²) >= 11 is 2.98. The predicted octanol–water partition coefficient (Wildman–Crippen LogP) is 4.62. The van der Waals surface area contributed by atoms with E-state index in [1.54, 1.807) is 31.0 Å². The van der Waals surface area contributed by atoms with Crippen molar-refractivity contribution in [1.82, 2.24) is 10.3 Å². The second-order valence-electron chi connectivity index (χ2n) is 6.93. The van der Waals surface area contributed by atoms with Gasteiger partial charge < -0.3 is 15.4 Å². The fraction of sp³-hybridized carbons (Fsp3) is 0.261. The van der Waals surface area contributed by atoms with Crippen molar-refractivity contribution >= 4 is 40.0 Å². The van der Waals surface area contributed by atoms with E-state index >= 15 is 0 Å². The van der Waals surface area contributed by atoms with Crippen LogP contribution in [0.5, 0.6) is 5.75 Å². The third-order valence-electron chi connectivity index (χ3n) is 4.63. The molecule has 0 aliphatic heterocycles. The van der Waals surface area contributed by atoms with Crippen LogP contribution < -0.4 is 15.4 Å². The maximum atomic E-state index is 12.9. The topological polar surface area (TPSA) is 80.3 Å². The molecule has 3 aromatic rings. The number of carbonyl (C=O) groups is 2. The normalized spacial score (nSPS) is 11.6. The van der Waals surface area contributed by atoms with Gasteiger partial charge in [0.2, 0.25) is 5.91 Å². The third kappa shape index (κ3) is 6.32. The number of carbonyl (C=O) groups excluding carboxylic acids is 2. The first-order valence-corrected chi connectivity index (χ1v) is 12.0. The summed E-state index contributed by atoms with van der Waals surface area (Å²) in [7, 11) is 1.62. The van der Waals surface area contributed by atoms with Gasteiger partial charge in [-0.3, -0.25) is 9.59 Å². The van der Waals surface area contributed by atoms with Crippen LogP contribution >= 0.6 is 23.1 Å². The van der Waals surface area contributed by atoms with Crippen LogP contribution in [0.1, 0.15) is 22.3 Å². The molecule has 6 nitrogen and oxygen atoms in total. The summed E-state index contributed by atoms with van der Waals surface area (Å²) in [6.07, 6.45) is 2.50. The van der Waals surface area contributed by atoms with E-state index in [1.807, 2.05) is 55.0 Å². The summed E-state index contributed by atoms with van der Waals surface area (Å²) in [5, 5.41) is 8.10. The number of nitrogens with zero attached hydrogens (tertiary/aromatic N) is 1. The van der Waals surface area contributed by atoms with Crippen LogP contribution in [0.3, 0.4) is 0 Å². The highest BCUT2D eigenvalue weighted by atomic mass is 32.2. The fourth-order valence-electron chi connectivity index (χ4n) is 2.95. The first-order valence-electron chi connectivity index (χ1n) is 9.77. The van der Waals surface area contributed by atoms with E-state index in [1.165, 1.54) is 11.3 Å². The van der Waals surface area contributed by atoms with Gasteiger partial charge in [0.25, 0.3) is 5.91 Å². The van der Waals surface area contributed by atoms with Crippen molar-refractivity contribution in [2.24, 2.45) is 0 Å². The van der Waals surface area contributed by atoms with E-state index in [2.05, 4.69) is 15.6 Å². The number of hydrogen-bond donors (Lipinski definition) is 2. The van der Waals surface area contributed by atoms with E-state index in [0.29, 0.717) is 17.1 Å². The number of benzene rings is 2. The zero-order valence-corrected chi connectivity index (χ0v) is 19.3. The molecule has 0 radical (unpaired) electrons. The Hall–Kier alpha value is -2.84. The van der Waals surface area contributed by atoms with Gasteiger partial charge in [-0.15, -0.1) is 11.3 Å². The molecule has 0 spiro atoms. The Labute approximate surface area is 190 Å². The van der Waals surface area contributed by atoms with Crippen LogP contribution in [0.15, 0.2) is 53.9 Å². The highest BCUT2D eigenvalue weighted by molar-refractivity contribution is 7.98. The molecule has 1 atom stereocenters. The SMILES string of the molecule is COc1ccc(-c2csc(NC(=O)C(CCSC)NC(=O)c3cccc(C)c3)n2)cc1. The Morgan fingerprint density at radius 2 is 1.97 bits per heavy atom. The molecule has 1 heterocycles. The van der Waals surface area contributed by atoms with Crippen molar-refractivity contribution in [3.63, 3.8) is 0 Å². The molecule has 2 amide bonds. The highest BCUT2D eigenvalue weighted by Crippen LogP contribution is 2.26. The summed E-state index contributed by atoms with van der Waals surface area (Å²) in [6.45, 7) is 1.93. The van der Waals surface area contributed by atoms with Crippen molar-refractivity contribution in [2.45, 2.75) is 19.4 Å². The lowest BCUT2D eigenvalue weighted by Gasteiger charge is -2.17. The van der Waals surface area contributed by atoms with Crippen molar-refractivity contribution in [2.75, 3.05) is 24.4 Å². The summed E-state index contributed by atoms with van der Waals surface area (Å²) in [5.74, 6) is 0.989. The minimum absolute atomic E-state index is 0.261. The van der Waals surface area contributed by atoms with Crippen LogP contribution in [-0.2, 0) is 4.79 Å². The van der Waals surface area contributed by atoms with Crippen molar-refractivity contribution in [1.29, 1.82) is 0 Å². The third-order valence-corrected chi connectivity index (χ3v) is 6.03. The number of nitrogens with one attached hydrogen (secondary N) is 2. The van der Waals surface area contributed by atoms with Gasteiger partial charge in [0.15, 0.2) is 5.13 Å². The standard InChI is InChI=1S/C23H25N3O3S2/c1-15-5-4-6-17(13-15)21(27)24-19(11-12-30-3)22(28)26-23-25-20(14-31-23)16-7-9-18(29-2)10-8-16/h4-10,13-14,19H,11-12H2,1-3H3,(H,24,27)(H,25,26,28). The Morgan fingerprint density at radius 1 is 1.19 bits per heavy atom. The minimum atomic E-state index is -0.645. The molecule has 3 rings (SSSR count). The average Bonchev–Trinajstić information content (AvgIpc) is 3.24. The van der Waals surface area contributed by atoms with Crippen molar-refractivity contribution < 1.29 is 14.3 Å². The number of thioether (sulfide) groups is 1. The summed E-state index contributed by atoms with van der Waals surface area (Å²) in [4.78, 5) is 30.1. The Bertz CT molecular complexity index is 1030. The van der Waals surface area contributed by atoms with Crippen LogP contribution in [0.4, 0.5) is 5.13 Å². The zero-order valence-electron chi connectivity index (χ0n) is 17.7. The predicted molar refractivity (Wildman–Crippen MR) is 128 cm³/mol. The maximum Gasteiger partial charge on any atom is 0.251 e. The van der Waals surface area contributed by atoms with E-state index < -0.39 is 6.04 Å². The van der Waals surface area contributed by atoms with Crippen LogP contribution in [0.25, 0.3) is 11.3 Å². The monoisotopic (exact) mass is 455 g/mol. The lowest BCUT2D eigenvalue weighted by Crippen LogP contribution is -2.44. The molecule has 1 unspecified atom stereocenters. The largest absolute Gasteiger partial charge is 0.497 e. The molecule has 2 N–H and O–H groups in total. The molecule has 0 fully saturated rings. The van der Waals surface area contributed by atoms with Crippen molar-refractivity contribution in [3.05, 3.63) is 65.0 Å². The molecule has 0 saturated heterocycles. The lowest BCUT2D eigenvalue weighted by atomic mass is 10.1. The number of anilines is 1. The van der Waals surface area contributed by atoms with Crippen LogP contribution in [0, 0.1) is 6.92 Å². The highest BCUT2D eigenvalue weighted by Gasteiger charge is 2.22. The Balaban J connectivity index is 1.68. The number of thiazole rings is 1. The smallest absolute Gasteiger partial charge is 0.251 e. The van der Waals surface area contributed by atoms with Crippen LogP contribution in [-0.4, -0.2) is 42.0 Å². The molecule has 0 bridgehead atoms. The van der Waals surface area contributed by atoms with Gasteiger partial charge in [-0.2, -0.15) is 11.8 Å². The van der Waals surface area contributed by atoms with E-state index in [9.17, 15) is 9.59 Å². The van der Waals surface area contributed by atoms with Gasteiger partial charge in [-0.25, -0.2) is 4.98 Å². The Morgan fingerprint density at radius 3 is 2.65 bits per heavy atom. The molecular weight excluding hydrogens is 430 g/mol. The number of methoxy groups -OCH3 is 1. The molecular formula is C23H25N3O3S2. The van der Waals surface area contributed by atoms with E-state index in [4.69, 9.17) is 4.74 Å². The van der Waals surface area contributed by atoms with E-state index in [0.717, 1.165) is 28.3 Å².